The van der Waals surface area contributed by atoms with Gasteiger partial charge in [0.25, 0.3) is 0 Å². The minimum atomic E-state index is -0.208. The topological polar surface area (TPSA) is 70.1 Å². The van der Waals surface area contributed by atoms with Gasteiger partial charge in [0.15, 0.2) is 0 Å². The molecule has 0 aromatic carbocycles. The molecule has 2 amide bonds. The molecule has 7 heteroatoms. The summed E-state index contributed by atoms with van der Waals surface area (Å²) < 4.78 is 0. The number of nitrogens with zero attached hydrogens (tertiary/aromatic N) is 3. The van der Waals surface area contributed by atoms with Crippen LogP contribution in [0.3, 0.4) is 0 Å². The molecule has 0 radical (unpaired) electrons. The standard InChI is InChI=1S/C11H19N5OS/c1-9(7-16-4-2-3-5-16)6-12-10(17)14-11-15-13-8-18-11/h8-9H,2-7H2,1H3,(H2,12,14,15,17). The van der Waals surface area contributed by atoms with Crippen LogP contribution in [0.2, 0.25) is 0 Å². The van der Waals surface area contributed by atoms with Gasteiger partial charge >= 0.3 is 6.03 Å². The van der Waals surface area contributed by atoms with Gasteiger partial charge in [-0.1, -0.05) is 18.3 Å². The normalized spacial score (nSPS) is 17.6. The molecular weight excluding hydrogens is 250 g/mol. The first kappa shape index (κ1) is 13.2. The van der Waals surface area contributed by atoms with Crippen molar-refractivity contribution in [1.82, 2.24) is 20.4 Å². The predicted molar refractivity (Wildman–Crippen MR) is 71.8 cm³/mol. The van der Waals surface area contributed by atoms with Crippen LogP contribution in [0.15, 0.2) is 5.51 Å². The van der Waals surface area contributed by atoms with Crippen molar-refractivity contribution in [2.75, 3.05) is 31.5 Å². The van der Waals surface area contributed by atoms with Crippen molar-refractivity contribution in [2.45, 2.75) is 19.8 Å². The van der Waals surface area contributed by atoms with Gasteiger partial charge in [0.05, 0.1) is 0 Å². The number of amides is 2. The molecule has 2 rings (SSSR count). The van der Waals surface area contributed by atoms with Crippen LogP contribution in [-0.2, 0) is 0 Å². The van der Waals surface area contributed by atoms with Crippen molar-refractivity contribution in [1.29, 1.82) is 0 Å². The maximum Gasteiger partial charge on any atom is 0.321 e. The first-order chi connectivity index (χ1) is 8.74. The SMILES string of the molecule is CC(CNC(=O)Nc1nncs1)CN1CCCC1. The molecule has 100 valence electrons. The summed E-state index contributed by atoms with van der Waals surface area (Å²) in [5.74, 6) is 0.461. The van der Waals surface area contributed by atoms with Crippen LogP contribution in [0.4, 0.5) is 9.93 Å². The van der Waals surface area contributed by atoms with Crippen LogP contribution in [0.1, 0.15) is 19.8 Å². The minimum Gasteiger partial charge on any atom is -0.337 e. The van der Waals surface area contributed by atoms with Gasteiger partial charge in [-0.05, 0) is 31.8 Å². The van der Waals surface area contributed by atoms with E-state index in [-0.39, 0.29) is 6.03 Å². The van der Waals surface area contributed by atoms with Gasteiger partial charge in [0, 0.05) is 13.1 Å². The quantitative estimate of drug-likeness (QED) is 0.847. The molecule has 0 aliphatic carbocycles. The highest BCUT2D eigenvalue weighted by molar-refractivity contribution is 7.13. The van der Waals surface area contributed by atoms with E-state index in [0.717, 1.165) is 6.54 Å². The van der Waals surface area contributed by atoms with Crippen molar-refractivity contribution in [2.24, 2.45) is 5.92 Å². The van der Waals surface area contributed by atoms with E-state index >= 15 is 0 Å². The van der Waals surface area contributed by atoms with Gasteiger partial charge in [0.1, 0.15) is 5.51 Å². The Hall–Kier alpha value is -1.21. The summed E-state index contributed by atoms with van der Waals surface area (Å²) in [6, 6.07) is -0.208. The van der Waals surface area contributed by atoms with E-state index in [9.17, 15) is 4.79 Å². The first-order valence-corrected chi connectivity index (χ1v) is 7.15. The molecule has 0 bridgehead atoms. The molecule has 1 atom stereocenters. The second-order valence-corrected chi connectivity index (χ2v) is 5.53. The summed E-state index contributed by atoms with van der Waals surface area (Å²) in [5, 5.41) is 13.4. The Bertz CT molecular complexity index is 364. The Morgan fingerprint density at radius 3 is 3.00 bits per heavy atom. The van der Waals surface area contributed by atoms with Crippen molar-refractivity contribution < 1.29 is 4.79 Å². The van der Waals surface area contributed by atoms with Gasteiger partial charge in [0.2, 0.25) is 5.13 Å². The molecule has 0 saturated carbocycles. The number of carbonyl (C=O) groups excluding carboxylic acids is 1. The Labute approximate surface area is 111 Å². The number of likely N-dealkylation sites (tertiary alicyclic amines) is 1. The second kappa shape index (κ2) is 6.65. The van der Waals surface area contributed by atoms with Crippen molar-refractivity contribution in [3.63, 3.8) is 0 Å². The Kier molecular flexibility index (Phi) is 4.89. The van der Waals surface area contributed by atoms with Gasteiger partial charge in [-0.2, -0.15) is 0 Å². The molecule has 2 heterocycles. The molecule has 1 fully saturated rings. The van der Waals surface area contributed by atoms with Gasteiger partial charge in [-0.25, -0.2) is 4.79 Å². The van der Waals surface area contributed by atoms with E-state index in [1.54, 1.807) is 5.51 Å². The van der Waals surface area contributed by atoms with Gasteiger partial charge in [-0.3, -0.25) is 5.32 Å². The fourth-order valence-corrected chi connectivity index (χ4v) is 2.55. The molecule has 1 aliphatic rings. The maximum absolute atomic E-state index is 11.6. The summed E-state index contributed by atoms with van der Waals surface area (Å²) in [5.41, 5.74) is 1.59. The third-order valence-electron chi connectivity index (χ3n) is 2.96. The molecule has 6 nitrogen and oxygen atoms in total. The smallest absolute Gasteiger partial charge is 0.321 e. The Morgan fingerprint density at radius 2 is 2.33 bits per heavy atom. The van der Waals surface area contributed by atoms with E-state index in [1.165, 1.54) is 37.3 Å². The minimum absolute atomic E-state index is 0.208. The van der Waals surface area contributed by atoms with Crippen LogP contribution in [0, 0.1) is 5.92 Å². The third-order valence-corrected chi connectivity index (χ3v) is 3.57. The number of hydrogen-bond acceptors (Lipinski definition) is 5. The van der Waals surface area contributed by atoms with Crippen LogP contribution in [0.5, 0.6) is 0 Å². The number of hydrogen-bond donors (Lipinski definition) is 2. The lowest BCUT2D eigenvalue weighted by molar-refractivity contribution is 0.245. The van der Waals surface area contributed by atoms with Crippen molar-refractivity contribution in [3.05, 3.63) is 5.51 Å². The van der Waals surface area contributed by atoms with Crippen molar-refractivity contribution in [3.8, 4) is 0 Å². The molecule has 0 spiro atoms. The summed E-state index contributed by atoms with van der Waals surface area (Å²) in [4.78, 5) is 14.0. The Balaban J connectivity index is 1.62. The fourth-order valence-electron chi connectivity index (χ4n) is 2.11. The molecular formula is C11H19N5OS. The summed E-state index contributed by atoms with van der Waals surface area (Å²) in [7, 11) is 0. The van der Waals surface area contributed by atoms with Gasteiger partial charge in [-0.15, -0.1) is 10.2 Å². The molecule has 1 unspecified atom stereocenters. The molecule has 18 heavy (non-hydrogen) atoms. The molecule has 2 N–H and O–H groups in total. The molecule has 1 saturated heterocycles. The zero-order chi connectivity index (χ0) is 12.8. The van der Waals surface area contributed by atoms with Gasteiger partial charge < -0.3 is 10.2 Å². The predicted octanol–water partition coefficient (Wildman–Crippen LogP) is 1.39. The molecule has 1 aliphatic heterocycles. The van der Waals surface area contributed by atoms with Crippen LogP contribution in [0.25, 0.3) is 0 Å². The lowest BCUT2D eigenvalue weighted by Crippen LogP contribution is -2.36. The van der Waals surface area contributed by atoms with E-state index in [2.05, 4.69) is 32.7 Å². The number of anilines is 1. The second-order valence-electron chi connectivity index (χ2n) is 4.69. The number of rotatable bonds is 5. The summed E-state index contributed by atoms with van der Waals surface area (Å²) >= 11 is 1.31. The van der Waals surface area contributed by atoms with Crippen LogP contribution < -0.4 is 10.6 Å². The highest BCUT2D eigenvalue weighted by atomic mass is 32.1. The van der Waals surface area contributed by atoms with E-state index < -0.39 is 0 Å². The molecule has 1 aromatic rings. The average molecular weight is 269 g/mol. The zero-order valence-corrected chi connectivity index (χ0v) is 11.4. The monoisotopic (exact) mass is 269 g/mol. The highest BCUT2D eigenvalue weighted by Gasteiger charge is 2.15. The summed E-state index contributed by atoms with van der Waals surface area (Å²) in [6.45, 7) is 6.28. The lowest BCUT2D eigenvalue weighted by Gasteiger charge is -2.20. The fraction of sp³-hybridized carbons (Fsp3) is 0.727. The van der Waals surface area contributed by atoms with E-state index in [4.69, 9.17) is 0 Å². The number of aromatic nitrogens is 2. The van der Waals surface area contributed by atoms with Crippen LogP contribution >= 0.6 is 11.3 Å². The number of carbonyl (C=O) groups is 1. The van der Waals surface area contributed by atoms with Crippen molar-refractivity contribution >= 4 is 22.5 Å². The Morgan fingerprint density at radius 1 is 1.56 bits per heavy atom. The summed E-state index contributed by atoms with van der Waals surface area (Å²) in [6.07, 6.45) is 2.61. The average Bonchev–Trinajstić information content (AvgIpc) is 2.99. The lowest BCUT2D eigenvalue weighted by atomic mass is 10.1. The van der Waals surface area contributed by atoms with E-state index in [1.807, 2.05) is 0 Å². The first-order valence-electron chi connectivity index (χ1n) is 6.27. The van der Waals surface area contributed by atoms with Crippen LogP contribution in [-0.4, -0.2) is 47.3 Å². The third kappa shape index (κ3) is 4.23. The molecule has 1 aromatic heterocycles. The zero-order valence-electron chi connectivity index (χ0n) is 10.6. The number of urea groups is 1. The maximum atomic E-state index is 11.6. The largest absolute Gasteiger partial charge is 0.337 e. The van der Waals surface area contributed by atoms with E-state index in [0.29, 0.717) is 17.6 Å². The highest BCUT2D eigenvalue weighted by Crippen LogP contribution is 2.10. The number of nitrogens with one attached hydrogen (secondary N) is 2.